The molecule has 29 heavy (non-hydrogen) atoms. The second-order valence-corrected chi connectivity index (χ2v) is 9.08. The van der Waals surface area contributed by atoms with Gasteiger partial charge in [-0.05, 0) is 35.7 Å². The molecule has 0 bridgehead atoms. The molecule has 7 rings (SSSR count). The predicted molar refractivity (Wildman–Crippen MR) is 116 cm³/mol. The molecule has 3 fully saturated rings. The molecule has 0 radical (unpaired) electrons. The summed E-state index contributed by atoms with van der Waals surface area (Å²) in [6.07, 6.45) is 1.66. The van der Waals surface area contributed by atoms with Crippen molar-refractivity contribution in [3.05, 3.63) is 102 Å². The molecule has 4 aliphatic heterocycles. The molecule has 144 valence electrons. The van der Waals surface area contributed by atoms with Gasteiger partial charge in [0, 0.05) is 29.7 Å². The van der Waals surface area contributed by atoms with E-state index in [0.717, 1.165) is 6.54 Å². The first kappa shape index (κ1) is 16.2. The number of para-hydroxylation sites is 1. The number of likely N-dealkylation sites (tertiary alicyclic amines) is 1. The third kappa shape index (κ3) is 2.04. The van der Waals surface area contributed by atoms with Crippen molar-refractivity contribution in [1.29, 1.82) is 0 Å². The predicted octanol–water partition coefficient (Wildman–Crippen LogP) is 4.39. The summed E-state index contributed by atoms with van der Waals surface area (Å²) in [7, 11) is 0. The van der Waals surface area contributed by atoms with Gasteiger partial charge < -0.3 is 5.32 Å². The van der Waals surface area contributed by atoms with Crippen molar-refractivity contribution < 1.29 is 0 Å². The molecule has 3 aromatic carbocycles. The van der Waals surface area contributed by atoms with Gasteiger partial charge in [0.2, 0.25) is 0 Å². The quantitative estimate of drug-likeness (QED) is 0.681. The van der Waals surface area contributed by atoms with Crippen molar-refractivity contribution in [1.82, 2.24) is 9.80 Å². The average Bonchev–Trinajstić information content (AvgIpc) is 3.08. The van der Waals surface area contributed by atoms with Gasteiger partial charge in [0.15, 0.2) is 0 Å². The van der Waals surface area contributed by atoms with Crippen LogP contribution >= 0.6 is 0 Å². The van der Waals surface area contributed by atoms with E-state index in [0.29, 0.717) is 24.3 Å². The zero-order valence-corrected chi connectivity index (χ0v) is 16.4. The maximum Gasteiger partial charge on any atom is 0.0918 e. The van der Waals surface area contributed by atoms with Gasteiger partial charge in [0.1, 0.15) is 0 Å². The first-order valence-electron chi connectivity index (χ1n) is 10.8. The lowest BCUT2D eigenvalue weighted by molar-refractivity contribution is 0.206. The zero-order valence-electron chi connectivity index (χ0n) is 16.4. The third-order valence-electron chi connectivity index (χ3n) is 7.83. The number of fused-ring (bicyclic) bond motifs is 4. The lowest BCUT2D eigenvalue weighted by atomic mass is 9.73. The Hall–Kier alpha value is -2.62. The number of anilines is 1. The van der Waals surface area contributed by atoms with E-state index in [9.17, 15) is 0 Å². The Kier molecular flexibility index (Phi) is 3.19. The van der Waals surface area contributed by atoms with E-state index in [2.05, 4.69) is 100 Å². The van der Waals surface area contributed by atoms with Crippen LogP contribution in [0.4, 0.5) is 5.69 Å². The van der Waals surface area contributed by atoms with Gasteiger partial charge in [-0.1, -0.05) is 78.9 Å². The van der Waals surface area contributed by atoms with Crippen LogP contribution in [-0.2, 0) is 12.0 Å². The van der Waals surface area contributed by atoms with Gasteiger partial charge in [0.05, 0.1) is 12.2 Å². The molecule has 0 saturated carbocycles. The molecule has 1 N–H and O–H groups in total. The Labute approximate surface area is 172 Å². The molecule has 6 atom stereocenters. The summed E-state index contributed by atoms with van der Waals surface area (Å²) in [6, 6.07) is 32.9. The van der Waals surface area contributed by atoms with Crippen LogP contribution in [-0.4, -0.2) is 34.6 Å². The fraction of sp³-hybridized carbons (Fsp3) is 0.308. The van der Waals surface area contributed by atoms with E-state index in [-0.39, 0.29) is 5.41 Å². The average molecular weight is 380 g/mol. The minimum absolute atomic E-state index is 0.224. The first-order chi connectivity index (χ1) is 14.4. The first-order valence-corrected chi connectivity index (χ1v) is 10.8. The Bertz CT molecular complexity index is 1070. The number of rotatable bonds is 3. The molecule has 4 heterocycles. The van der Waals surface area contributed by atoms with Crippen LogP contribution in [0.3, 0.4) is 0 Å². The van der Waals surface area contributed by atoms with Crippen molar-refractivity contribution in [2.45, 2.75) is 42.7 Å². The summed E-state index contributed by atoms with van der Waals surface area (Å²) in [5, 5.41) is 3.93. The standard InChI is InChI=1S/C26H25N3/c1-3-9-18(10-4-1)17-28-16-15-26-20-13-7-8-14-21(20)27-25(26)29-22(23(29)24(26)28)19-11-5-2-6-12-19/h1-14,22-25,27H,15-17H2/t22-,23?,24?,25?,26+,29?/m1/s1. The van der Waals surface area contributed by atoms with Crippen molar-refractivity contribution in [3.63, 3.8) is 0 Å². The number of hydrogen-bond acceptors (Lipinski definition) is 3. The highest BCUT2D eigenvalue weighted by Crippen LogP contribution is 2.67. The van der Waals surface area contributed by atoms with Crippen molar-refractivity contribution >= 4 is 5.69 Å². The molecule has 3 heteroatoms. The minimum Gasteiger partial charge on any atom is -0.368 e. The van der Waals surface area contributed by atoms with E-state index in [1.54, 1.807) is 5.56 Å². The van der Waals surface area contributed by atoms with Crippen LogP contribution in [0.5, 0.6) is 0 Å². The van der Waals surface area contributed by atoms with E-state index >= 15 is 0 Å². The van der Waals surface area contributed by atoms with Crippen LogP contribution in [0.15, 0.2) is 84.9 Å². The maximum absolute atomic E-state index is 3.93. The molecule has 0 amide bonds. The fourth-order valence-electron chi connectivity index (χ4n) is 6.78. The lowest BCUT2D eigenvalue weighted by Gasteiger charge is -2.36. The fourth-order valence-corrected chi connectivity index (χ4v) is 6.78. The SMILES string of the molecule is c1ccc(CN2CC[C@@]34c5ccccc5NC3N3C(C24)[C@H]3c2ccccc2)cc1. The van der Waals surface area contributed by atoms with E-state index in [1.807, 2.05) is 0 Å². The smallest absolute Gasteiger partial charge is 0.0918 e. The monoisotopic (exact) mass is 379 g/mol. The molecular formula is C26H25N3. The van der Waals surface area contributed by atoms with Crippen LogP contribution in [0.2, 0.25) is 0 Å². The molecule has 3 nitrogen and oxygen atoms in total. The highest BCUT2D eigenvalue weighted by atomic mass is 15.5. The van der Waals surface area contributed by atoms with Crippen molar-refractivity contribution in [2.75, 3.05) is 11.9 Å². The Morgan fingerprint density at radius 1 is 0.862 bits per heavy atom. The molecule has 4 aliphatic rings. The van der Waals surface area contributed by atoms with Gasteiger partial charge in [-0.15, -0.1) is 0 Å². The summed E-state index contributed by atoms with van der Waals surface area (Å²) in [5.74, 6) is 0. The number of piperidine rings is 1. The summed E-state index contributed by atoms with van der Waals surface area (Å²) in [6.45, 7) is 2.23. The summed E-state index contributed by atoms with van der Waals surface area (Å²) in [4.78, 5) is 5.54. The van der Waals surface area contributed by atoms with Crippen LogP contribution in [0.1, 0.15) is 29.2 Å². The number of nitrogens with zero attached hydrogens (tertiary/aromatic N) is 2. The normalized spacial score (nSPS) is 36.1. The highest BCUT2D eigenvalue weighted by Gasteiger charge is 2.76. The highest BCUT2D eigenvalue weighted by molar-refractivity contribution is 5.66. The van der Waals surface area contributed by atoms with Crippen molar-refractivity contribution in [3.8, 4) is 0 Å². The number of benzene rings is 3. The summed E-state index contributed by atoms with van der Waals surface area (Å²) >= 11 is 0. The molecule has 4 unspecified atom stereocenters. The molecule has 3 saturated heterocycles. The van der Waals surface area contributed by atoms with Gasteiger partial charge in [-0.2, -0.15) is 0 Å². The zero-order chi connectivity index (χ0) is 19.0. The van der Waals surface area contributed by atoms with Gasteiger partial charge in [-0.25, -0.2) is 0 Å². The van der Waals surface area contributed by atoms with Crippen LogP contribution in [0, 0.1) is 0 Å². The van der Waals surface area contributed by atoms with Gasteiger partial charge in [0.25, 0.3) is 0 Å². The molecular weight excluding hydrogens is 354 g/mol. The second-order valence-electron chi connectivity index (χ2n) is 9.08. The van der Waals surface area contributed by atoms with Gasteiger partial charge >= 0.3 is 0 Å². The number of nitrogens with one attached hydrogen (secondary N) is 1. The summed E-state index contributed by atoms with van der Waals surface area (Å²) in [5.41, 5.74) is 6.01. The third-order valence-corrected chi connectivity index (χ3v) is 7.83. The topological polar surface area (TPSA) is 18.3 Å². The van der Waals surface area contributed by atoms with Crippen LogP contribution < -0.4 is 5.32 Å². The lowest BCUT2D eigenvalue weighted by Crippen LogP contribution is -2.48. The second kappa shape index (κ2) is 5.71. The van der Waals surface area contributed by atoms with E-state index in [1.165, 1.54) is 29.8 Å². The molecule has 3 aromatic rings. The Morgan fingerprint density at radius 2 is 1.59 bits per heavy atom. The van der Waals surface area contributed by atoms with E-state index < -0.39 is 0 Å². The summed E-state index contributed by atoms with van der Waals surface area (Å²) < 4.78 is 0. The molecule has 0 aliphatic carbocycles. The molecule has 0 aromatic heterocycles. The Balaban J connectivity index is 1.32. The minimum atomic E-state index is 0.224. The van der Waals surface area contributed by atoms with Crippen LogP contribution in [0.25, 0.3) is 0 Å². The van der Waals surface area contributed by atoms with Gasteiger partial charge in [-0.3, -0.25) is 9.80 Å². The molecule has 1 spiro atoms. The maximum atomic E-state index is 3.93. The van der Waals surface area contributed by atoms with Crippen molar-refractivity contribution in [2.24, 2.45) is 0 Å². The van der Waals surface area contributed by atoms with E-state index in [4.69, 9.17) is 0 Å². The number of hydrogen-bond donors (Lipinski definition) is 1. The largest absolute Gasteiger partial charge is 0.368 e. The Morgan fingerprint density at radius 3 is 2.41 bits per heavy atom.